The maximum atomic E-state index is 15.9. The van der Waals surface area contributed by atoms with Gasteiger partial charge in [-0.25, -0.2) is 18.9 Å². The SMILES string of the molecule is CCOC(=O)[C@H](C)NP(=O)(Oc1ccccc1)OC(C)[C@H]1O[C@@H](n2ccc3c(N)ncnc32)[C@](C)(F)[C@@H]1O. The average Bonchev–Trinajstić information content (AvgIpc) is 3.38. The number of esters is 1. The van der Waals surface area contributed by atoms with Crippen molar-refractivity contribution in [3.05, 3.63) is 48.9 Å². The van der Waals surface area contributed by atoms with Crippen LogP contribution >= 0.6 is 7.75 Å². The molecule has 1 fully saturated rings. The van der Waals surface area contributed by atoms with Crippen LogP contribution in [0.2, 0.25) is 0 Å². The molecule has 4 N–H and O–H groups in total. The molecule has 0 spiro atoms. The average molecular weight is 552 g/mol. The number of fused-ring (bicyclic) bond motifs is 1. The van der Waals surface area contributed by atoms with Gasteiger partial charge in [0.1, 0.15) is 41.8 Å². The summed E-state index contributed by atoms with van der Waals surface area (Å²) >= 11 is 0. The smallest absolute Gasteiger partial charge is 0.459 e. The zero-order chi connectivity index (χ0) is 27.7. The number of carbonyl (C=O) groups excluding carboxylic acids is 1. The molecular formula is C24H31FN5O7P. The molecule has 3 aromatic rings. The monoisotopic (exact) mass is 551 g/mol. The van der Waals surface area contributed by atoms with Gasteiger partial charge in [0.15, 0.2) is 11.9 Å². The van der Waals surface area contributed by atoms with Crippen molar-refractivity contribution in [2.75, 3.05) is 12.3 Å². The quantitative estimate of drug-likeness (QED) is 0.251. The molecule has 0 bridgehead atoms. The van der Waals surface area contributed by atoms with Crippen LogP contribution in [0, 0.1) is 0 Å². The second-order valence-corrected chi connectivity index (χ2v) is 10.7. The largest absolute Gasteiger partial charge is 0.465 e. The Morgan fingerprint density at radius 1 is 1.32 bits per heavy atom. The summed E-state index contributed by atoms with van der Waals surface area (Å²) in [4.78, 5) is 20.3. The van der Waals surface area contributed by atoms with Crippen molar-refractivity contribution in [1.82, 2.24) is 19.6 Å². The third-order valence-electron chi connectivity index (χ3n) is 6.18. The standard InChI is InChI=1S/C24H31FN5O7P/c1-5-34-22(32)14(2)29-38(33,37-16-9-7-6-8-10-16)36-15(3)18-19(31)24(4,25)23(35-18)30-12-11-17-20(26)27-13-28-21(17)30/h6-15,18-19,23,31H,5H2,1-4H3,(H,29,33)(H2,26,27,28)/t14-,15?,18+,19+,23+,24+,38?/m0/s1. The first kappa shape index (κ1) is 27.9. The zero-order valence-corrected chi connectivity index (χ0v) is 22.2. The highest BCUT2D eigenvalue weighted by Crippen LogP contribution is 2.50. The van der Waals surface area contributed by atoms with E-state index in [0.717, 1.165) is 0 Å². The van der Waals surface area contributed by atoms with Gasteiger partial charge in [-0.1, -0.05) is 18.2 Å². The van der Waals surface area contributed by atoms with Crippen molar-refractivity contribution < 1.29 is 37.4 Å². The molecule has 0 radical (unpaired) electrons. The molecule has 38 heavy (non-hydrogen) atoms. The summed E-state index contributed by atoms with van der Waals surface area (Å²) in [5.41, 5.74) is 3.91. The molecule has 3 heterocycles. The molecule has 0 amide bonds. The van der Waals surface area contributed by atoms with Crippen molar-refractivity contribution in [2.45, 2.75) is 63.9 Å². The van der Waals surface area contributed by atoms with Gasteiger partial charge < -0.3 is 29.4 Å². The van der Waals surface area contributed by atoms with Gasteiger partial charge in [0, 0.05) is 6.20 Å². The van der Waals surface area contributed by atoms with Crippen LogP contribution in [0.3, 0.4) is 0 Å². The number of halogens is 1. The third-order valence-corrected chi connectivity index (χ3v) is 7.94. The summed E-state index contributed by atoms with van der Waals surface area (Å²) in [6.45, 7) is 5.84. The van der Waals surface area contributed by atoms with Crippen molar-refractivity contribution in [2.24, 2.45) is 0 Å². The number of nitrogen functional groups attached to an aromatic ring is 1. The van der Waals surface area contributed by atoms with E-state index in [1.165, 1.54) is 37.9 Å². The van der Waals surface area contributed by atoms with E-state index >= 15 is 4.39 Å². The lowest BCUT2D eigenvalue weighted by Crippen LogP contribution is -2.44. The fourth-order valence-electron chi connectivity index (χ4n) is 4.24. The van der Waals surface area contributed by atoms with Gasteiger partial charge in [0.25, 0.3) is 0 Å². The van der Waals surface area contributed by atoms with Crippen LogP contribution in [0.15, 0.2) is 48.9 Å². The van der Waals surface area contributed by atoms with Gasteiger partial charge in [-0.3, -0.25) is 9.32 Å². The molecular weight excluding hydrogens is 520 g/mol. The molecule has 1 aliphatic rings. The first-order valence-corrected chi connectivity index (χ1v) is 13.6. The van der Waals surface area contributed by atoms with E-state index < -0.39 is 50.0 Å². The number of aliphatic hydroxyl groups excluding tert-OH is 1. The number of rotatable bonds is 10. The Morgan fingerprint density at radius 3 is 2.71 bits per heavy atom. The van der Waals surface area contributed by atoms with Crippen LogP contribution in [0.4, 0.5) is 10.2 Å². The molecule has 2 aromatic heterocycles. The Hall–Kier alpha value is -3.09. The number of hydrogen-bond donors (Lipinski definition) is 3. The van der Waals surface area contributed by atoms with E-state index in [4.69, 9.17) is 24.3 Å². The minimum absolute atomic E-state index is 0.120. The molecule has 0 saturated carbocycles. The minimum atomic E-state index is -4.29. The fraction of sp³-hybridized carbons (Fsp3) is 0.458. The molecule has 7 atom stereocenters. The number of nitrogens with zero attached hydrogens (tertiary/aromatic N) is 3. The van der Waals surface area contributed by atoms with E-state index in [1.807, 2.05) is 0 Å². The molecule has 4 rings (SSSR count). The van der Waals surface area contributed by atoms with E-state index in [9.17, 15) is 14.5 Å². The summed E-state index contributed by atoms with van der Waals surface area (Å²) in [6, 6.07) is 8.73. The fourth-order valence-corrected chi connectivity index (χ4v) is 5.94. The summed E-state index contributed by atoms with van der Waals surface area (Å²) in [7, 11) is -4.29. The lowest BCUT2D eigenvalue weighted by Gasteiger charge is -2.29. The normalized spacial score (nSPS) is 26.5. The minimum Gasteiger partial charge on any atom is -0.465 e. The van der Waals surface area contributed by atoms with Gasteiger partial charge in [0.05, 0.1) is 18.1 Å². The number of benzene rings is 1. The number of nitrogens with two attached hydrogens (primary N) is 1. The molecule has 2 unspecified atom stereocenters. The first-order chi connectivity index (χ1) is 18.0. The summed E-state index contributed by atoms with van der Waals surface area (Å²) in [5, 5.41) is 14.0. The maximum Gasteiger partial charge on any atom is 0.459 e. The number of nitrogens with one attached hydrogen (secondary N) is 1. The molecule has 1 aromatic carbocycles. The van der Waals surface area contributed by atoms with E-state index in [0.29, 0.717) is 11.0 Å². The Morgan fingerprint density at radius 2 is 2.03 bits per heavy atom. The molecule has 14 heteroatoms. The predicted molar refractivity (Wildman–Crippen MR) is 136 cm³/mol. The molecule has 1 aliphatic heterocycles. The van der Waals surface area contributed by atoms with Crippen LogP contribution in [-0.2, 0) is 23.4 Å². The third kappa shape index (κ3) is 5.52. The topological polar surface area (TPSA) is 160 Å². The number of ether oxygens (including phenoxy) is 2. The Kier molecular flexibility index (Phi) is 8.05. The number of hydrogen-bond acceptors (Lipinski definition) is 10. The van der Waals surface area contributed by atoms with Crippen molar-refractivity contribution >= 4 is 30.6 Å². The summed E-state index contributed by atoms with van der Waals surface area (Å²) in [6.07, 6.45) is -2.67. The first-order valence-electron chi connectivity index (χ1n) is 12.0. The number of anilines is 1. The van der Waals surface area contributed by atoms with Gasteiger partial charge in [-0.2, -0.15) is 5.09 Å². The van der Waals surface area contributed by atoms with Crippen LogP contribution < -0.4 is 15.3 Å². The van der Waals surface area contributed by atoms with Crippen molar-refractivity contribution in [1.29, 1.82) is 0 Å². The van der Waals surface area contributed by atoms with Gasteiger partial charge in [-0.15, -0.1) is 0 Å². The second-order valence-electron chi connectivity index (χ2n) is 9.08. The maximum absolute atomic E-state index is 15.9. The molecule has 12 nitrogen and oxygen atoms in total. The van der Waals surface area contributed by atoms with E-state index in [1.54, 1.807) is 43.3 Å². The molecule has 0 aliphatic carbocycles. The summed E-state index contributed by atoms with van der Waals surface area (Å²) < 4.78 is 53.5. The van der Waals surface area contributed by atoms with Crippen LogP contribution in [0.1, 0.15) is 33.9 Å². The van der Waals surface area contributed by atoms with Crippen LogP contribution in [0.25, 0.3) is 11.0 Å². The Labute approximate surface area is 218 Å². The second kappa shape index (κ2) is 11.0. The highest BCUT2D eigenvalue weighted by molar-refractivity contribution is 7.52. The lowest BCUT2D eigenvalue weighted by molar-refractivity contribution is -0.144. The van der Waals surface area contributed by atoms with Crippen LogP contribution in [-0.4, -0.2) is 62.2 Å². The Bertz CT molecular complexity index is 1320. The van der Waals surface area contributed by atoms with Crippen LogP contribution in [0.5, 0.6) is 5.75 Å². The van der Waals surface area contributed by atoms with Gasteiger partial charge >= 0.3 is 13.7 Å². The number of aliphatic hydroxyl groups is 1. The molecule has 206 valence electrons. The van der Waals surface area contributed by atoms with Gasteiger partial charge in [0.2, 0.25) is 0 Å². The van der Waals surface area contributed by atoms with E-state index in [-0.39, 0.29) is 18.2 Å². The molecule has 1 saturated heterocycles. The predicted octanol–water partition coefficient (Wildman–Crippen LogP) is 3.13. The number of alkyl halides is 1. The Balaban J connectivity index is 1.59. The van der Waals surface area contributed by atoms with Crippen molar-refractivity contribution in [3.8, 4) is 5.75 Å². The summed E-state index contributed by atoms with van der Waals surface area (Å²) in [5.74, 6) is -0.263. The van der Waals surface area contributed by atoms with E-state index in [2.05, 4.69) is 15.1 Å². The van der Waals surface area contributed by atoms with Gasteiger partial charge in [-0.05, 0) is 45.9 Å². The lowest BCUT2D eigenvalue weighted by atomic mass is 9.96. The number of aromatic nitrogens is 3. The number of carbonyl (C=O) groups is 1. The number of para-hydroxylation sites is 1. The van der Waals surface area contributed by atoms with Crippen molar-refractivity contribution in [3.63, 3.8) is 0 Å². The zero-order valence-electron chi connectivity index (χ0n) is 21.4. The highest BCUT2D eigenvalue weighted by atomic mass is 31.2. The highest BCUT2D eigenvalue weighted by Gasteiger charge is 2.57.